The Morgan fingerprint density at radius 3 is 2.52 bits per heavy atom. The van der Waals surface area contributed by atoms with Gasteiger partial charge in [-0.2, -0.15) is 0 Å². The number of fused-ring (bicyclic) bond motifs is 1. The third-order valence-corrected chi connectivity index (χ3v) is 4.47. The van der Waals surface area contributed by atoms with Crippen LogP contribution in [-0.2, 0) is 6.54 Å². The molecule has 0 atom stereocenters. The van der Waals surface area contributed by atoms with Crippen LogP contribution < -0.4 is 5.32 Å². The van der Waals surface area contributed by atoms with Gasteiger partial charge in [-0.3, -0.25) is 19.3 Å². The number of furan rings is 1. The zero-order valence-corrected chi connectivity index (χ0v) is 15.3. The quantitative estimate of drug-likeness (QED) is 0.554. The Hall–Kier alpha value is -4.11. The Kier molecular flexibility index (Phi) is 4.95. The van der Waals surface area contributed by atoms with Crippen molar-refractivity contribution in [2.75, 3.05) is 6.54 Å². The highest BCUT2D eigenvalue weighted by Crippen LogP contribution is 2.25. The molecule has 4 rings (SSSR count). The molecule has 142 valence electrons. The van der Waals surface area contributed by atoms with Crippen molar-refractivity contribution in [1.82, 2.24) is 10.2 Å². The molecule has 0 aliphatic carbocycles. The Morgan fingerprint density at radius 1 is 0.966 bits per heavy atom. The van der Waals surface area contributed by atoms with E-state index in [1.807, 2.05) is 30.3 Å². The lowest BCUT2D eigenvalue weighted by atomic mass is 10.1. The highest BCUT2D eigenvalue weighted by atomic mass is 16.3. The molecular weight excluding hydrogens is 368 g/mol. The number of benzene rings is 2. The van der Waals surface area contributed by atoms with Crippen molar-refractivity contribution in [3.63, 3.8) is 0 Å². The largest absolute Gasteiger partial charge is 0.467 e. The molecule has 0 spiro atoms. The van der Waals surface area contributed by atoms with Gasteiger partial charge < -0.3 is 9.73 Å². The van der Waals surface area contributed by atoms with E-state index in [-0.39, 0.29) is 30.1 Å². The fourth-order valence-corrected chi connectivity index (χ4v) is 3.03. The molecule has 0 saturated carbocycles. The summed E-state index contributed by atoms with van der Waals surface area (Å²) in [4.78, 5) is 38.6. The van der Waals surface area contributed by atoms with Gasteiger partial charge in [0.25, 0.3) is 17.7 Å². The van der Waals surface area contributed by atoms with Gasteiger partial charge in [0.1, 0.15) is 5.76 Å². The molecule has 6 nitrogen and oxygen atoms in total. The lowest BCUT2D eigenvalue weighted by Crippen LogP contribution is -2.28. The molecule has 0 radical (unpaired) electrons. The van der Waals surface area contributed by atoms with E-state index < -0.39 is 11.8 Å². The maximum atomic E-state index is 12.6. The minimum atomic E-state index is -0.445. The molecule has 29 heavy (non-hydrogen) atoms. The second kappa shape index (κ2) is 7.87. The third-order valence-electron chi connectivity index (χ3n) is 4.47. The van der Waals surface area contributed by atoms with E-state index in [0.29, 0.717) is 11.3 Å². The first kappa shape index (κ1) is 18.3. The van der Waals surface area contributed by atoms with Gasteiger partial charge >= 0.3 is 0 Å². The summed E-state index contributed by atoms with van der Waals surface area (Å²) in [5.74, 6) is 5.14. The third kappa shape index (κ3) is 3.80. The number of nitrogens with one attached hydrogen (secondary N) is 1. The van der Waals surface area contributed by atoms with Crippen LogP contribution in [0.25, 0.3) is 0 Å². The van der Waals surface area contributed by atoms with Crippen molar-refractivity contribution in [1.29, 1.82) is 0 Å². The summed E-state index contributed by atoms with van der Waals surface area (Å²) in [5.41, 5.74) is 1.65. The maximum absolute atomic E-state index is 12.6. The van der Waals surface area contributed by atoms with Crippen molar-refractivity contribution in [3.8, 4) is 11.8 Å². The fourth-order valence-electron chi connectivity index (χ4n) is 3.03. The van der Waals surface area contributed by atoms with Crippen molar-refractivity contribution in [2.45, 2.75) is 6.54 Å². The summed E-state index contributed by atoms with van der Waals surface area (Å²) >= 11 is 0. The molecule has 3 aromatic rings. The number of amides is 3. The lowest BCUT2D eigenvalue weighted by molar-refractivity contribution is 0.0631. The summed E-state index contributed by atoms with van der Waals surface area (Å²) in [6.07, 6.45) is 1.48. The number of carbonyl (C=O) groups is 3. The van der Waals surface area contributed by atoms with Gasteiger partial charge in [0.15, 0.2) is 0 Å². The molecule has 0 unspecified atom stereocenters. The predicted molar refractivity (Wildman–Crippen MR) is 105 cm³/mol. The second-order valence-corrected chi connectivity index (χ2v) is 6.39. The molecule has 1 aliphatic rings. The topological polar surface area (TPSA) is 79.6 Å². The molecule has 1 aromatic heterocycles. The highest BCUT2D eigenvalue weighted by molar-refractivity contribution is 6.22. The van der Waals surface area contributed by atoms with E-state index in [0.717, 1.165) is 10.5 Å². The van der Waals surface area contributed by atoms with Crippen LogP contribution in [0, 0.1) is 11.8 Å². The number of carbonyl (C=O) groups excluding carboxylic acids is 3. The van der Waals surface area contributed by atoms with Gasteiger partial charge in [-0.15, -0.1) is 0 Å². The van der Waals surface area contributed by atoms with Crippen molar-refractivity contribution in [2.24, 2.45) is 0 Å². The number of nitrogens with zero attached hydrogens (tertiary/aromatic N) is 1. The van der Waals surface area contributed by atoms with Crippen molar-refractivity contribution in [3.05, 3.63) is 94.9 Å². The number of imide groups is 1. The molecule has 1 aliphatic heterocycles. The molecule has 0 bridgehead atoms. The molecule has 3 amide bonds. The monoisotopic (exact) mass is 384 g/mol. The molecule has 6 heteroatoms. The van der Waals surface area contributed by atoms with Crippen LogP contribution in [0.3, 0.4) is 0 Å². The Labute approximate surface area is 167 Å². The van der Waals surface area contributed by atoms with E-state index >= 15 is 0 Å². The zero-order valence-electron chi connectivity index (χ0n) is 15.3. The Balaban J connectivity index is 1.44. The smallest absolute Gasteiger partial charge is 0.261 e. The number of hydrogen-bond donors (Lipinski definition) is 1. The Morgan fingerprint density at radius 2 is 1.76 bits per heavy atom. The van der Waals surface area contributed by atoms with Crippen molar-refractivity contribution < 1.29 is 18.8 Å². The summed E-state index contributed by atoms with van der Waals surface area (Å²) in [7, 11) is 0. The fraction of sp³-hybridized carbons (Fsp3) is 0.0870. The van der Waals surface area contributed by atoms with Crippen LogP contribution >= 0.6 is 0 Å². The predicted octanol–water partition coefficient (Wildman–Crippen LogP) is 2.86. The molecule has 1 N–H and O–H groups in total. The van der Waals surface area contributed by atoms with Crippen LogP contribution in [0.1, 0.15) is 42.4 Å². The molecule has 2 aromatic carbocycles. The summed E-state index contributed by atoms with van der Waals surface area (Å²) in [6.45, 7) is 0.220. The molecule has 0 saturated heterocycles. The average molecular weight is 384 g/mol. The van der Waals surface area contributed by atoms with E-state index in [4.69, 9.17) is 4.42 Å². The standard InChI is InChI=1S/C23H16N2O4/c26-21(24-12-4-8-16-6-2-1-3-7-16)17-10-11-19-20(14-17)23(28)25(22(19)27)15-18-9-5-13-29-18/h1-3,5-7,9-11,13-14H,12,15H2,(H,24,26). The SMILES string of the molecule is O=C(NCC#Cc1ccccc1)c1ccc2c(c1)C(=O)N(Cc1ccco1)C2=O. The van der Waals surface area contributed by atoms with Crippen LogP contribution in [-0.4, -0.2) is 29.2 Å². The van der Waals surface area contributed by atoms with E-state index in [9.17, 15) is 14.4 Å². The van der Waals surface area contributed by atoms with E-state index in [1.54, 1.807) is 12.1 Å². The van der Waals surface area contributed by atoms with E-state index in [2.05, 4.69) is 17.2 Å². The molecule has 0 fully saturated rings. The van der Waals surface area contributed by atoms with Gasteiger partial charge in [0.05, 0.1) is 30.5 Å². The van der Waals surface area contributed by atoms with Gasteiger partial charge in [-0.05, 0) is 42.5 Å². The first-order chi connectivity index (χ1) is 14.1. The summed E-state index contributed by atoms with van der Waals surface area (Å²) in [6, 6.07) is 17.3. The average Bonchev–Trinajstić information content (AvgIpc) is 3.35. The van der Waals surface area contributed by atoms with E-state index in [1.165, 1.54) is 24.5 Å². The van der Waals surface area contributed by atoms with Crippen molar-refractivity contribution >= 4 is 17.7 Å². The minimum absolute atomic E-state index is 0.0515. The number of hydrogen-bond acceptors (Lipinski definition) is 4. The minimum Gasteiger partial charge on any atom is -0.467 e. The van der Waals surface area contributed by atoms with Crippen LogP contribution in [0.4, 0.5) is 0 Å². The Bertz CT molecular complexity index is 1140. The van der Waals surface area contributed by atoms with Gasteiger partial charge in [0.2, 0.25) is 0 Å². The highest BCUT2D eigenvalue weighted by Gasteiger charge is 2.36. The first-order valence-electron chi connectivity index (χ1n) is 8.98. The lowest BCUT2D eigenvalue weighted by Gasteiger charge is -2.11. The molecular formula is C23H16N2O4. The summed E-state index contributed by atoms with van der Waals surface area (Å²) < 4.78 is 5.22. The van der Waals surface area contributed by atoms with Gasteiger partial charge in [-0.1, -0.05) is 30.0 Å². The van der Waals surface area contributed by atoms with Crippen LogP contribution in [0.5, 0.6) is 0 Å². The molecule has 2 heterocycles. The summed E-state index contributed by atoms with van der Waals surface area (Å²) in [5, 5.41) is 2.70. The van der Waals surface area contributed by atoms with Crippen LogP contribution in [0.15, 0.2) is 71.3 Å². The zero-order chi connectivity index (χ0) is 20.2. The maximum Gasteiger partial charge on any atom is 0.261 e. The second-order valence-electron chi connectivity index (χ2n) is 6.39. The van der Waals surface area contributed by atoms with Gasteiger partial charge in [0, 0.05) is 11.1 Å². The van der Waals surface area contributed by atoms with Gasteiger partial charge in [-0.25, -0.2) is 0 Å². The first-order valence-corrected chi connectivity index (χ1v) is 8.98. The normalized spacial score (nSPS) is 12.3. The van der Waals surface area contributed by atoms with Crippen LogP contribution in [0.2, 0.25) is 0 Å². The number of rotatable bonds is 4.